The van der Waals surface area contributed by atoms with Gasteiger partial charge >= 0.3 is 5.97 Å². The first-order valence-electron chi connectivity index (χ1n) is 10.8. The SMILES string of the molecule is CCOC(=O)c1oc2ccc(S(=O)(=O)N3CCCCCC3c3cccc(F)c3)cc2c1C. The Kier molecular flexibility index (Phi) is 6.35. The lowest BCUT2D eigenvalue weighted by Crippen LogP contribution is -2.34. The highest BCUT2D eigenvalue weighted by Gasteiger charge is 2.34. The zero-order valence-corrected chi connectivity index (χ0v) is 19.0. The molecule has 0 aliphatic carbocycles. The van der Waals surface area contributed by atoms with E-state index in [1.807, 2.05) is 0 Å². The second kappa shape index (κ2) is 9.03. The molecule has 32 heavy (non-hydrogen) atoms. The molecule has 1 aliphatic rings. The highest BCUT2D eigenvalue weighted by Crippen LogP contribution is 2.36. The van der Waals surface area contributed by atoms with Crippen molar-refractivity contribution in [3.05, 3.63) is 65.2 Å². The van der Waals surface area contributed by atoms with Crippen molar-refractivity contribution in [3.63, 3.8) is 0 Å². The first kappa shape index (κ1) is 22.5. The number of sulfonamides is 1. The molecule has 0 bridgehead atoms. The molecule has 8 heteroatoms. The molecule has 0 N–H and O–H groups in total. The molecule has 0 saturated carbocycles. The third kappa shape index (κ3) is 4.17. The van der Waals surface area contributed by atoms with E-state index in [1.54, 1.807) is 38.1 Å². The summed E-state index contributed by atoms with van der Waals surface area (Å²) in [6.07, 6.45) is 3.16. The van der Waals surface area contributed by atoms with Gasteiger partial charge in [0.25, 0.3) is 0 Å². The van der Waals surface area contributed by atoms with Crippen molar-refractivity contribution in [2.75, 3.05) is 13.2 Å². The standard InChI is InChI=1S/C24H26FNO5S/c1-3-30-24(27)23-16(2)20-15-19(11-12-22(20)31-23)32(28,29)26-13-6-4-5-10-21(26)17-8-7-9-18(25)14-17/h7-9,11-12,14-15,21H,3-6,10,13H2,1-2H3. The van der Waals surface area contributed by atoms with E-state index in [4.69, 9.17) is 9.15 Å². The largest absolute Gasteiger partial charge is 0.460 e. The normalized spacial score (nSPS) is 17.9. The number of carbonyl (C=O) groups is 1. The number of hydrogen-bond donors (Lipinski definition) is 0. The van der Waals surface area contributed by atoms with E-state index in [-0.39, 0.29) is 23.1 Å². The monoisotopic (exact) mass is 459 g/mol. The molecule has 0 amide bonds. The summed E-state index contributed by atoms with van der Waals surface area (Å²) in [6.45, 7) is 3.98. The fourth-order valence-corrected chi connectivity index (χ4v) is 6.01. The Labute approximate surface area is 187 Å². The number of esters is 1. The van der Waals surface area contributed by atoms with Crippen LogP contribution in [0.4, 0.5) is 4.39 Å². The lowest BCUT2D eigenvalue weighted by Gasteiger charge is -2.29. The minimum Gasteiger partial charge on any atom is -0.460 e. The van der Waals surface area contributed by atoms with E-state index >= 15 is 0 Å². The highest BCUT2D eigenvalue weighted by molar-refractivity contribution is 7.89. The maximum atomic E-state index is 13.9. The Hall–Kier alpha value is -2.71. The number of nitrogens with zero attached hydrogens (tertiary/aromatic N) is 1. The summed E-state index contributed by atoms with van der Waals surface area (Å²) in [7, 11) is -3.87. The molecule has 1 atom stereocenters. The van der Waals surface area contributed by atoms with Crippen molar-refractivity contribution in [2.24, 2.45) is 0 Å². The molecule has 0 spiro atoms. The lowest BCUT2D eigenvalue weighted by atomic mass is 10.0. The molecular weight excluding hydrogens is 433 g/mol. The number of benzene rings is 2. The van der Waals surface area contributed by atoms with Gasteiger partial charge in [0.1, 0.15) is 11.4 Å². The van der Waals surface area contributed by atoms with Gasteiger partial charge in [-0.2, -0.15) is 4.31 Å². The van der Waals surface area contributed by atoms with Crippen LogP contribution in [0.2, 0.25) is 0 Å². The number of carbonyl (C=O) groups excluding carboxylic acids is 1. The van der Waals surface area contributed by atoms with Gasteiger partial charge in [-0.05, 0) is 62.6 Å². The number of ether oxygens (including phenoxy) is 1. The second-order valence-electron chi connectivity index (χ2n) is 7.97. The van der Waals surface area contributed by atoms with Crippen molar-refractivity contribution < 1.29 is 26.8 Å². The van der Waals surface area contributed by atoms with Crippen molar-refractivity contribution in [2.45, 2.75) is 50.5 Å². The molecule has 6 nitrogen and oxygen atoms in total. The summed E-state index contributed by atoms with van der Waals surface area (Å²) in [5, 5.41) is 0.547. The first-order chi connectivity index (χ1) is 15.3. The fourth-order valence-electron chi connectivity index (χ4n) is 4.30. The van der Waals surface area contributed by atoms with Crippen LogP contribution in [0.15, 0.2) is 51.8 Å². The van der Waals surface area contributed by atoms with E-state index < -0.39 is 22.0 Å². The van der Waals surface area contributed by atoms with Crippen LogP contribution in [-0.4, -0.2) is 31.8 Å². The Bertz CT molecular complexity index is 1250. The molecule has 4 rings (SSSR count). The molecule has 1 aliphatic heterocycles. The van der Waals surface area contributed by atoms with Gasteiger partial charge in [0.15, 0.2) is 0 Å². The topological polar surface area (TPSA) is 76.8 Å². The number of furan rings is 1. The summed E-state index contributed by atoms with van der Waals surface area (Å²) in [6, 6.07) is 10.3. The maximum Gasteiger partial charge on any atom is 0.374 e. The van der Waals surface area contributed by atoms with E-state index in [0.717, 1.165) is 19.3 Å². The summed E-state index contributed by atoms with van der Waals surface area (Å²) in [4.78, 5) is 12.3. The van der Waals surface area contributed by atoms with Crippen LogP contribution in [0.3, 0.4) is 0 Å². The molecule has 2 aromatic carbocycles. The maximum absolute atomic E-state index is 13.9. The molecule has 2 heterocycles. The first-order valence-corrected chi connectivity index (χ1v) is 12.2. The predicted octanol–water partition coefficient (Wildman–Crippen LogP) is 5.36. The van der Waals surface area contributed by atoms with E-state index in [0.29, 0.717) is 35.1 Å². The Morgan fingerprint density at radius 2 is 2.00 bits per heavy atom. The van der Waals surface area contributed by atoms with E-state index in [9.17, 15) is 17.6 Å². The zero-order valence-electron chi connectivity index (χ0n) is 18.1. The van der Waals surface area contributed by atoms with Crippen LogP contribution in [0.25, 0.3) is 11.0 Å². The minimum atomic E-state index is -3.87. The average molecular weight is 460 g/mol. The molecule has 3 aromatic rings. The number of halogens is 1. The number of fused-ring (bicyclic) bond motifs is 1. The minimum absolute atomic E-state index is 0.0730. The summed E-state index contributed by atoms with van der Waals surface area (Å²) in [5.74, 6) is -0.890. The smallest absolute Gasteiger partial charge is 0.374 e. The molecule has 1 fully saturated rings. The van der Waals surface area contributed by atoms with Gasteiger partial charge in [0.05, 0.1) is 17.5 Å². The Balaban J connectivity index is 1.76. The molecular formula is C24H26FNO5S. The van der Waals surface area contributed by atoms with Gasteiger partial charge in [-0.3, -0.25) is 0 Å². The second-order valence-corrected chi connectivity index (χ2v) is 9.86. The van der Waals surface area contributed by atoms with Crippen molar-refractivity contribution in [3.8, 4) is 0 Å². The van der Waals surface area contributed by atoms with Gasteiger partial charge in [0.2, 0.25) is 15.8 Å². The molecule has 1 aromatic heterocycles. The van der Waals surface area contributed by atoms with Crippen LogP contribution in [0.5, 0.6) is 0 Å². The predicted molar refractivity (Wildman–Crippen MR) is 118 cm³/mol. The quantitative estimate of drug-likeness (QED) is 0.480. The van der Waals surface area contributed by atoms with Crippen molar-refractivity contribution in [1.29, 1.82) is 0 Å². The van der Waals surface area contributed by atoms with Gasteiger partial charge < -0.3 is 9.15 Å². The van der Waals surface area contributed by atoms with Gasteiger partial charge in [0, 0.05) is 17.5 Å². The molecule has 0 radical (unpaired) electrons. The lowest BCUT2D eigenvalue weighted by molar-refractivity contribution is 0.0491. The Morgan fingerprint density at radius 1 is 1.19 bits per heavy atom. The van der Waals surface area contributed by atoms with Crippen molar-refractivity contribution in [1.82, 2.24) is 4.31 Å². The highest BCUT2D eigenvalue weighted by atomic mass is 32.2. The molecule has 1 saturated heterocycles. The number of aryl methyl sites for hydroxylation is 1. The van der Waals surface area contributed by atoms with Crippen LogP contribution in [-0.2, 0) is 14.8 Å². The van der Waals surface area contributed by atoms with E-state index in [2.05, 4.69) is 0 Å². The fraction of sp³-hybridized carbons (Fsp3) is 0.375. The third-order valence-electron chi connectivity index (χ3n) is 5.91. The molecule has 170 valence electrons. The zero-order chi connectivity index (χ0) is 22.9. The Morgan fingerprint density at radius 3 is 2.75 bits per heavy atom. The number of hydrogen-bond acceptors (Lipinski definition) is 5. The summed E-state index contributed by atoms with van der Waals surface area (Å²) >= 11 is 0. The van der Waals surface area contributed by atoms with Gasteiger partial charge in [-0.1, -0.05) is 25.0 Å². The van der Waals surface area contributed by atoms with Crippen molar-refractivity contribution >= 4 is 27.0 Å². The molecule has 1 unspecified atom stereocenters. The van der Waals surface area contributed by atoms with E-state index in [1.165, 1.54) is 22.5 Å². The van der Waals surface area contributed by atoms with Gasteiger partial charge in [-0.25, -0.2) is 17.6 Å². The summed E-state index contributed by atoms with van der Waals surface area (Å²) in [5.41, 5.74) is 1.61. The van der Waals surface area contributed by atoms with Crippen LogP contribution in [0, 0.1) is 12.7 Å². The van der Waals surface area contributed by atoms with Crippen LogP contribution >= 0.6 is 0 Å². The number of rotatable bonds is 5. The van der Waals surface area contributed by atoms with Crippen LogP contribution < -0.4 is 0 Å². The average Bonchev–Trinajstić information content (AvgIpc) is 2.94. The van der Waals surface area contributed by atoms with Crippen LogP contribution in [0.1, 0.15) is 60.3 Å². The summed E-state index contributed by atoms with van der Waals surface area (Å²) < 4.78 is 53.5. The third-order valence-corrected chi connectivity index (χ3v) is 7.82. The van der Waals surface area contributed by atoms with Gasteiger partial charge in [-0.15, -0.1) is 0 Å².